The lowest BCUT2D eigenvalue weighted by atomic mass is 10.2. The molecule has 0 spiro atoms. The first-order valence-corrected chi connectivity index (χ1v) is 14.5. The summed E-state index contributed by atoms with van der Waals surface area (Å²) in [6.45, 7) is 18.0. The second-order valence-electron chi connectivity index (χ2n) is 10.2. The zero-order valence-electron chi connectivity index (χ0n) is 19.9. The van der Waals surface area contributed by atoms with Gasteiger partial charge in [0.25, 0.3) is 0 Å². The molecule has 0 heterocycles. The Bertz CT molecular complexity index is 626. The summed E-state index contributed by atoms with van der Waals surface area (Å²) in [6.07, 6.45) is -0.0369. The molecule has 1 aliphatic rings. The van der Waals surface area contributed by atoms with Crippen molar-refractivity contribution in [3.05, 3.63) is 0 Å². The van der Waals surface area contributed by atoms with E-state index in [2.05, 4.69) is 39.2 Å². The Morgan fingerprint density at radius 1 is 1.16 bits per heavy atom. The van der Waals surface area contributed by atoms with Crippen molar-refractivity contribution >= 4 is 37.9 Å². The van der Waals surface area contributed by atoms with Gasteiger partial charge in [-0.1, -0.05) is 28.2 Å². The molecule has 1 rings (SSSR count). The van der Waals surface area contributed by atoms with E-state index in [-0.39, 0.29) is 42.0 Å². The second-order valence-corrected chi connectivity index (χ2v) is 16.2. The Morgan fingerprint density at radius 2 is 1.74 bits per heavy atom. The summed E-state index contributed by atoms with van der Waals surface area (Å²) in [7, 11) is -2.03. The monoisotopic (exact) mass is 477 g/mol. The summed E-state index contributed by atoms with van der Waals surface area (Å²) >= 11 is 1.47. The van der Waals surface area contributed by atoms with E-state index in [4.69, 9.17) is 13.9 Å². The average Bonchev–Trinajstić information content (AvgIpc) is 2.87. The fourth-order valence-electron chi connectivity index (χ4n) is 2.72. The van der Waals surface area contributed by atoms with E-state index in [9.17, 15) is 14.4 Å². The minimum Gasteiger partial charge on any atom is -0.464 e. The predicted molar refractivity (Wildman–Crippen MR) is 129 cm³/mol. The molecule has 0 aromatic heterocycles. The van der Waals surface area contributed by atoms with Crippen molar-refractivity contribution in [2.75, 3.05) is 12.4 Å². The number of hydrogen-bond donors (Lipinski definition) is 1. The number of ether oxygens (including phenoxy) is 2. The molecule has 1 N–H and O–H groups in total. The number of rotatable bonds is 8. The van der Waals surface area contributed by atoms with Crippen LogP contribution in [0.15, 0.2) is 0 Å². The molecule has 0 aromatic carbocycles. The molecule has 3 atom stereocenters. The third-order valence-electron chi connectivity index (χ3n) is 5.26. The van der Waals surface area contributed by atoms with Gasteiger partial charge in [0.2, 0.25) is 0 Å². The standard InChI is InChI=1S/C21H39NO6SSi.CH4/c1-10-26-18(24)15(22-19(25)27-20(2,3)4)13-29-17-12-14(23)11-16(17)28-30(8,9)21(5,6)7;/h15-17H,10-13H2,1-9H3,(H,22,25);1H4/t15-,16-,17-;/m0./s1. The van der Waals surface area contributed by atoms with Crippen LogP contribution in [0.3, 0.4) is 0 Å². The highest BCUT2D eigenvalue weighted by molar-refractivity contribution is 8.00. The van der Waals surface area contributed by atoms with E-state index in [1.54, 1.807) is 27.7 Å². The third kappa shape index (κ3) is 9.95. The zero-order valence-corrected chi connectivity index (χ0v) is 21.7. The van der Waals surface area contributed by atoms with Gasteiger partial charge in [-0.2, -0.15) is 11.8 Å². The van der Waals surface area contributed by atoms with Crippen molar-refractivity contribution in [2.24, 2.45) is 0 Å². The van der Waals surface area contributed by atoms with Crippen LogP contribution in [0, 0.1) is 0 Å². The van der Waals surface area contributed by atoms with Crippen molar-refractivity contribution in [3.63, 3.8) is 0 Å². The maximum atomic E-state index is 12.4. The van der Waals surface area contributed by atoms with Gasteiger partial charge < -0.3 is 19.2 Å². The number of ketones is 1. The Hall–Kier alpha value is -1.06. The Kier molecular flexibility index (Phi) is 11.3. The Morgan fingerprint density at radius 3 is 2.23 bits per heavy atom. The summed E-state index contributed by atoms with van der Waals surface area (Å²) in [4.78, 5) is 36.7. The number of hydrogen-bond acceptors (Lipinski definition) is 7. The molecule has 0 aliphatic heterocycles. The molecule has 0 unspecified atom stereocenters. The quantitative estimate of drug-likeness (QED) is 0.391. The molecule has 31 heavy (non-hydrogen) atoms. The lowest BCUT2D eigenvalue weighted by molar-refractivity contribution is -0.145. The number of amides is 1. The van der Waals surface area contributed by atoms with Crippen LogP contribution < -0.4 is 5.32 Å². The van der Waals surface area contributed by atoms with Crippen LogP contribution >= 0.6 is 11.8 Å². The summed E-state index contributed by atoms with van der Waals surface area (Å²) in [5.74, 6) is -0.0565. The molecule has 1 fully saturated rings. The van der Waals surface area contributed by atoms with Gasteiger partial charge in [0.05, 0.1) is 12.7 Å². The van der Waals surface area contributed by atoms with Gasteiger partial charge in [-0.3, -0.25) is 4.79 Å². The number of Topliss-reactive ketones (excluding diaryl/α,β-unsaturated/α-hetero) is 1. The molecule has 0 bridgehead atoms. The Labute approximate surface area is 193 Å². The summed E-state index contributed by atoms with van der Waals surface area (Å²) in [6, 6.07) is -0.853. The molecule has 0 aromatic rings. The number of carbonyl (C=O) groups is 3. The van der Waals surface area contributed by atoms with Crippen LogP contribution in [-0.2, 0) is 23.5 Å². The topological polar surface area (TPSA) is 90.9 Å². The molecule has 182 valence electrons. The van der Waals surface area contributed by atoms with E-state index in [0.717, 1.165) is 0 Å². The van der Waals surface area contributed by atoms with E-state index in [1.165, 1.54) is 11.8 Å². The van der Waals surface area contributed by atoms with Crippen LogP contribution in [0.1, 0.15) is 68.7 Å². The van der Waals surface area contributed by atoms with Crippen LogP contribution in [-0.4, -0.2) is 61.5 Å². The van der Waals surface area contributed by atoms with E-state index < -0.39 is 32.0 Å². The first-order valence-electron chi connectivity index (χ1n) is 10.5. The van der Waals surface area contributed by atoms with Gasteiger partial charge in [0, 0.05) is 23.8 Å². The van der Waals surface area contributed by atoms with E-state index in [1.807, 2.05) is 0 Å². The van der Waals surface area contributed by atoms with Crippen molar-refractivity contribution in [2.45, 2.75) is 110 Å². The van der Waals surface area contributed by atoms with Crippen LogP contribution in [0.4, 0.5) is 4.79 Å². The maximum absolute atomic E-state index is 12.4. The highest BCUT2D eigenvalue weighted by atomic mass is 32.2. The van der Waals surface area contributed by atoms with Crippen LogP contribution in [0.2, 0.25) is 18.1 Å². The number of thioether (sulfide) groups is 1. The lowest BCUT2D eigenvalue weighted by Gasteiger charge is -2.39. The molecule has 1 aliphatic carbocycles. The van der Waals surface area contributed by atoms with Crippen molar-refractivity contribution in [1.82, 2.24) is 5.32 Å². The molecule has 0 saturated heterocycles. The fraction of sp³-hybridized carbons (Fsp3) is 0.864. The maximum Gasteiger partial charge on any atom is 0.408 e. The fourth-order valence-corrected chi connectivity index (χ4v) is 5.50. The number of alkyl carbamates (subject to hydrolysis) is 1. The van der Waals surface area contributed by atoms with Gasteiger partial charge in [-0.25, -0.2) is 9.59 Å². The van der Waals surface area contributed by atoms with Gasteiger partial charge in [-0.05, 0) is 45.8 Å². The molecular formula is C22H43NO6SSi. The summed E-state index contributed by atoms with van der Waals surface area (Å²) in [5.41, 5.74) is -0.670. The van der Waals surface area contributed by atoms with Gasteiger partial charge in [-0.15, -0.1) is 0 Å². The third-order valence-corrected chi connectivity index (χ3v) is 11.2. The first-order chi connectivity index (χ1) is 13.6. The van der Waals surface area contributed by atoms with Crippen LogP contribution in [0.5, 0.6) is 0 Å². The lowest BCUT2D eigenvalue weighted by Crippen LogP contribution is -2.47. The van der Waals surface area contributed by atoms with Crippen molar-refractivity contribution in [3.8, 4) is 0 Å². The SMILES string of the molecule is C.CCOC(=O)[C@H](CS[C@H]1CC(=O)C[C@@H]1O[Si](C)(C)C(C)(C)C)NC(=O)OC(C)(C)C. The average molecular weight is 478 g/mol. The summed E-state index contributed by atoms with van der Waals surface area (Å²) in [5, 5.41) is 2.60. The number of nitrogens with one attached hydrogen (secondary N) is 1. The van der Waals surface area contributed by atoms with Crippen molar-refractivity contribution in [1.29, 1.82) is 0 Å². The molecule has 1 amide bonds. The molecule has 0 radical (unpaired) electrons. The minimum atomic E-state index is -2.03. The predicted octanol–water partition coefficient (Wildman–Crippen LogP) is 4.93. The van der Waals surface area contributed by atoms with Gasteiger partial charge >= 0.3 is 12.1 Å². The molecule has 7 nitrogen and oxygen atoms in total. The smallest absolute Gasteiger partial charge is 0.408 e. The highest BCUT2D eigenvalue weighted by Gasteiger charge is 2.44. The minimum absolute atomic E-state index is 0. The largest absolute Gasteiger partial charge is 0.464 e. The molecule has 1 saturated carbocycles. The highest BCUT2D eigenvalue weighted by Crippen LogP contribution is 2.41. The first kappa shape index (κ1) is 29.9. The zero-order chi connectivity index (χ0) is 23.3. The number of esters is 1. The van der Waals surface area contributed by atoms with E-state index in [0.29, 0.717) is 12.8 Å². The summed E-state index contributed by atoms with van der Waals surface area (Å²) < 4.78 is 16.9. The molecular weight excluding hydrogens is 434 g/mol. The van der Waals surface area contributed by atoms with Gasteiger partial charge in [0.15, 0.2) is 8.32 Å². The second kappa shape index (κ2) is 11.7. The number of carbonyl (C=O) groups excluding carboxylic acids is 3. The van der Waals surface area contributed by atoms with Crippen molar-refractivity contribution < 1.29 is 28.3 Å². The molecule has 9 heteroatoms. The van der Waals surface area contributed by atoms with Crippen LogP contribution in [0.25, 0.3) is 0 Å². The van der Waals surface area contributed by atoms with E-state index >= 15 is 0 Å². The van der Waals surface area contributed by atoms with Gasteiger partial charge in [0.1, 0.15) is 17.4 Å². The Balaban J connectivity index is 0.00000900. The normalized spacial score (nSPS) is 20.6.